The van der Waals surface area contributed by atoms with Gasteiger partial charge in [0.25, 0.3) is 0 Å². The minimum absolute atomic E-state index is 0.433. The lowest BCUT2D eigenvalue weighted by Gasteiger charge is -2.07. The number of hydrogen-bond donors (Lipinski definition) is 2. The van der Waals surface area contributed by atoms with Gasteiger partial charge in [0.2, 0.25) is 5.91 Å². The largest absolute Gasteiger partial charge is 0.398 e. The Morgan fingerprint density at radius 3 is 2.82 bits per heavy atom. The van der Waals surface area contributed by atoms with Crippen molar-refractivity contribution in [1.29, 1.82) is 0 Å². The van der Waals surface area contributed by atoms with Gasteiger partial charge in [-0.3, -0.25) is 4.79 Å². The first-order valence-corrected chi connectivity index (χ1v) is 6.56. The van der Waals surface area contributed by atoms with Crippen molar-refractivity contribution in [2.45, 2.75) is 16.2 Å². The smallest absolute Gasteiger partial charge is 0.249 e. The molecule has 0 atom stereocenters. The molecule has 4 nitrogen and oxygen atoms in total. The molecule has 0 aliphatic carbocycles. The van der Waals surface area contributed by atoms with Crippen LogP contribution < -0.4 is 11.5 Å². The van der Waals surface area contributed by atoms with Crippen LogP contribution in [-0.2, 0) is 0 Å². The average molecular weight is 265 g/mol. The summed E-state index contributed by atoms with van der Waals surface area (Å²) in [4.78, 5) is 16.3. The fourth-order valence-corrected chi connectivity index (χ4v) is 3.27. The number of aromatic nitrogens is 1. The Kier molecular flexibility index (Phi) is 3.35. The third-order valence-corrected chi connectivity index (χ3v) is 4.31. The molecule has 0 spiro atoms. The highest BCUT2D eigenvalue weighted by Crippen LogP contribution is 2.36. The molecule has 1 aromatic carbocycles. The van der Waals surface area contributed by atoms with Crippen molar-refractivity contribution in [2.75, 3.05) is 5.73 Å². The fraction of sp³-hybridized carbons (Fsp3) is 0.0909. The van der Waals surface area contributed by atoms with Gasteiger partial charge in [-0.15, -0.1) is 11.3 Å². The number of thiazole rings is 1. The lowest BCUT2D eigenvalue weighted by molar-refractivity contribution is 0.0997. The first kappa shape index (κ1) is 11.9. The summed E-state index contributed by atoms with van der Waals surface area (Å²) in [6.45, 7) is 1.92. The molecule has 2 aromatic rings. The molecule has 0 saturated carbocycles. The number of nitrogens with two attached hydrogens (primary N) is 2. The molecule has 0 aliphatic rings. The van der Waals surface area contributed by atoms with E-state index in [1.807, 2.05) is 12.3 Å². The second-order valence-electron chi connectivity index (χ2n) is 3.45. The molecule has 0 fully saturated rings. The van der Waals surface area contributed by atoms with Crippen molar-refractivity contribution in [3.05, 3.63) is 34.8 Å². The van der Waals surface area contributed by atoms with Gasteiger partial charge in [0.05, 0.1) is 10.5 Å². The molecule has 0 aliphatic heterocycles. The van der Waals surface area contributed by atoms with Crippen LogP contribution in [0.1, 0.15) is 16.1 Å². The number of amides is 1. The summed E-state index contributed by atoms with van der Waals surface area (Å²) in [7, 11) is 0. The van der Waals surface area contributed by atoms with E-state index in [0.717, 1.165) is 10.0 Å². The van der Waals surface area contributed by atoms with Crippen LogP contribution >= 0.6 is 23.1 Å². The Balaban J connectivity index is 2.40. The maximum Gasteiger partial charge on any atom is 0.249 e. The van der Waals surface area contributed by atoms with Crippen molar-refractivity contribution in [1.82, 2.24) is 4.98 Å². The predicted molar refractivity (Wildman–Crippen MR) is 70.3 cm³/mol. The van der Waals surface area contributed by atoms with Crippen LogP contribution in [0.2, 0.25) is 0 Å². The van der Waals surface area contributed by atoms with Gasteiger partial charge < -0.3 is 11.5 Å². The summed E-state index contributed by atoms with van der Waals surface area (Å²) in [5, 5.41) is 1.95. The van der Waals surface area contributed by atoms with E-state index in [-0.39, 0.29) is 0 Å². The Hall–Kier alpha value is -1.53. The van der Waals surface area contributed by atoms with E-state index in [4.69, 9.17) is 11.5 Å². The summed E-state index contributed by atoms with van der Waals surface area (Å²) in [5.74, 6) is -0.479. The van der Waals surface area contributed by atoms with Gasteiger partial charge in [0.1, 0.15) is 0 Å². The van der Waals surface area contributed by atoms with Crippen molar-refractivity contribution in [2.24, 2.45) is 5.73 Å². The number of carbonyl (C=O) groups is 1. The highest BCUT2D eigenvalue weighted by atomic mass is 32.2. The van der Waals surface area contributed by atoms with Crippen LogP contribution in [-0.4, -0.2) is 10.9 Å². The first-order valence-electron chi connectivity index (χ1n) is 4.86. The summed E-state index contributed by atoms with van der Waals surface area (Å²) < 4.78 is 0.850. The highest BCUT2D eigenvalue weighted by molar-refractivity contribution is 8.01. The number of rotatable bonds is 3. The van der Waals surface area contributed by atoms with E-state index < -0.39 is 5.91 Å². The monoisotopic (exact) mass is 265 g/mol. The van der Waals surface area contributed by atoms with Gasteiger partial charge in [-0.1, -0.05) is 17.8 Å². The highest BCUT2D eigenvalue weighted by Gasteiger charge is 2.13. The van der Waals surface area contributed by atoms with Gasteiger partial charge in [0, 0.05) is 16.8 Å². The SMILES string of the molecule is Cc1csc(Sc2c(N)cccc2C(N)=O)n1. The Labute approximate surface area is 107 Å². The van der Waals surface area contributed by atoms with Crippen molar-refractivity contribution in [3.8, 4) is 0 Å². The minimum atomic E-state index is -0.479. The van der Waals surface area contributed by atoms with Gasteiger partial charge in [-0.05, 0) is 19.1 Å². The number of hydrogen-bond acceptors (Lipinski definition) is 5. The van der Waals surface area contributed by atoms with Crippen LogP contribution in [0.25, 0.3) is 0 Å². The van der Waals surface area contributed by atoms with Crippen LogP contribution in [0.3, 0.4) is 0 Å². The molecule has 0 bridgehead atoms. The van der Waals surface area contributed by atoms with Crippen molar-refractivity contribution < 1.29 is 4.79 Å². The van der Waals surface area contributed by atoms with E-state index in [9.17, 15) is 4.79 Å². The van der Waals surface area contributed by atoms with Gasteiger partial charge in [0.15, 0.2) is 4.34 Å². The Morgan fingerprint density at radius 1 is 1.47 bits per heavy atom. The second kappa shape index (κ2) is 4.77. The van der Waals surface area contributed by atoms with Gasteiger partial charge in [-0.2, -0.15) is 0 Å². The molecular formula is C11H11N3OS2. The van der Waals surface area contributed by atoms with E-state index in [2.05, 4.69) is 4.98 Å². The molecule has 2 rings (SSSR count). The number of nitrogens with zero attached hydrogens (tertiary/aromatic N) is 1. The van der Waals surface area contributed by atoms with Crippen molar-refractivity contribution in [3.63, 3.8) is 0 Å². The Morgan fingerprint density at radius 2 is 2.24 bits per heavy atom. The zero-order chi connectivity index (χ0) is 12.4. The molecule has 1 aromatic heterocycles. The summed E-state index contributed by atoms with van der Waals surface area (Å²) in [6, 6.07) is 5.13. The number of anilines is 1. The normalized spacial score (nSPS) is 10.4. The summed E-state index contributed by atoms with van der Waals surface area (Å²) >= 11 is 2.89. The quantitative estimate of drug-likeness (QED) is 0.834. The van der Waals surface area contributed by atoms with Gasteiger partial charge >= 0.3 is 0 Å². The number of benzene rings is 1. The first-order chi connectivity index (χ1) is 8.08. The number of primary amides is 1. The number of aryl methyl sites for hydroxylation is 1. The third kappa shape index (κ3) is 2.59. The van der Waals surface area contributed by atoms with E-state index >= 15 is 0 Å². The molecule has 0 saturated heterocycles. The van der Waals surface area contributed by atoms with E-state index in [1.165, 1.54) is 23.1 Å². The molecule has 17 heavy (non-hydrogen) atoms. The standard InChI is InChI=1S/C11H11N3OS2/c1-6-5-16-11(14-6)17-9-7(10(13)15)3-2-4-8(9)12/h2-5H,12H2,1H3,(H2,13,15). The molecule has 88 valence electrons. The van der Waals surface area contributed by atoms with Crippen LogP contribution in [0.4, 0.5) is 5.69 Å². The molecule has 6 heteroatoms. The van der Waals surface area contributed by atoms with E-state index in [1.54, 1.807) is 18.2 Å². The average Bonchev–Trinajstić information content (AvgIpc) is 2.67. The zero-order valence-corrected chi connectivity index (χ0v) is 10.8. The topological polar surface area (TPSA) is 82.0 Å². The van der Waals surface area contributed by atoms with Crippen molar-refractivity contribution >= 4 is 34.7 Å². The molecular weight excluding hydrogens is 254 g/mol. The maximum atomic E-state index is 11.3. The molecule has 1 amide bonds. The number of nitrogen functional groups attached to an aromatic ring is 1. The molecule has 0 unspecified atom stereocenters. The maximum absolute atomic E-state index is 11.3. The van der Waals surface area contributed by atoms with Crippen LogP contribution in [0.5, 0.6) is 0 Å². The fourth-order valence-electron chi connectivity index (χ4n) is 1.33. The lowest BCUT2D eigenvalue weighted by Crippen LogP contribution is -2.12. The molecule has 1 heterocycles. The second-order valence-corrected chi connectivity index (χ2v) is 5.56. The Bertz CT molecular complexity index is 566. The predicted octanol–water partition coefficient (Wildman–Crippen LogP) is 2.28. The molecule has 4 N–H and O–H groups in total. The summed E-state index contributed by atoms with van der Waals surface area (Å²) in [6.07, 6.45) is 0. The van der Waals surface area contributed by atoms with Crippen LogP contribution in [0.15, 0.2) is 32.8 Å². The summed E-state index contributed by atoms with van der Waals surface area (Å²) in [5.41, 5.74) is 13.1. The third-order valence-electron chi connectivity index (χ3n) is 2.10. The van der Waals surface area contributed by atoms with E-state index in [0.29, 0.717) is 16.1 Å². The zero-order valence-electron chi connectivity index (χ0n) is 9.14. The van der Waals surface area contributed by atoms with Gasteiger partial charge in [-0.25, -0.2) is 4.98 Å². The van der Waals surface area contributed by atoms with Crippen LogP contribution in [0, 0.1) is 6.92 Å². The number of carbonyl (C=O) groups excluding carboxylic acids is 1. The molecule has 0 radical (unpaired) electrons. The minimum Gasteiger partial charge on any atom is -0.398 e. The lowest BCUT2D eigenvalue weighted by atomic mass is 10.2.